The van der Waals surface area contributed by atoms with Gasteiger partial charge in [-0.05, 0) is 79.1 Å². The average molecular weight is 484 g/mol. The van der Waals surface area contributed by atoms with Gasteiger partial charge in [-0.2, -0.15) is 0 Å². The fraction of sp³-hybridized carbons (Fsp3) is 0.107. The topological polar surface area (TPSA) is 70.7 Å². The number of carbonyl (C=O) groups excluding carboxylic acids is 2. The standard InChI is InChI=1S/C28H25N3O3S/c1-3-31(25-10-6-8-19-7-4-5-9-24(19)25)27(33)21-11-15-22(16-12-21)29-28(35)30-26(32)20-13-17-23(34-2)18-14-20/h4-18H,3H2,1-2H3,(H2,29,30,32,35). The molecule has 4 rings (SSSR count). The molecule has 176 valence electrons. The van der Waals surface area contributed by atoms with E-state index in [0.29, 0.717) is 29.1 Å². The molecule has 7 heteroatoms. The highest BCUT2D eigenvalue weighted by molar-refractivity contribution is 7.80. The highest BCUT2D eigenvalue weighted by Gasteiger charge is 2.18. The number of anilines is 2. The van der Waals surface area contributed by atoms with Gasteiger partial charge in [-0.15, -0.1) is 0 Å². The fourth-order valence-corrected chi connectivity index (χ4v) is 4.01. The highest BCUT2D eigenvalue weighted by atomic mass is 32.1. The number of nitrogens with zero attached hydrogens (tertiary/aromatic N) is 1. The van der Waals surface area contributed by atoms with E-state index in [1.165, 1.54) is 0 Å². The number of fused-ring (bicyclic) bond motifs is 1. The SMILES string of the molecule is CCN(C(=O)c1ccc(NC(=S)NC(=O)c2ccc(OC)cc2)cc1)c1cccc2ccccc12. The Morgan fingerprint density at radius 2 is 1.51 bits per heavy atom. The quantitative estimate of drug-likeness (QED) is 0.347. The van der Waals surface area contributed by atoms with E-state index in [4.69, 9.17) is 17.0 Å². The van der Waals surface area contributed by atoms with E-state index in [-0.39, 0.29) is 16.9 Å². The van der Waals surface area contributed by atoms with Gasteiger partial charge in [0.1, 0.15) is 5.75 Å². The lowest BCUT2D eigenvalue weighted by molar-refractivity contribution is 0.0973. The van der Waals surface area contributed by atoms with Gasteiger partial charge in [-0.3, -0.25) is 14.9 Å². The fourth-order valence-electron chi connectivity index (χ4n) is 3.80. The van der Waals surface area contributed by atoms with E-state index in [2.05, 4.69) is 10.6 Å². The number of ether oxygens (including phenoxy) is 1. The summed E-state index contributed by atoms with van der Waals surface area (Å²) >= 11 is 5.27. The van der Waals surface area contributed by atoms with E-state index >= 15 is 0 Å². The van der Waals surface area contributed by atoms with E-state index in [1.807, 2.05) is 49.4 Å². The Kier molecular flexibility index (Phi) is 7.38. The maximum absolute atomic E-state index is 13.3. The van der Waals surface area contributed by atoms with E-state index in [0.717, 1.165) is 16.5 Å². The molecule has 6 nitrogen and oxygen atoms in total. The highest BCUT2D eigenvalue weighted by Crippen LogP contribution is 2.28. The largest absolute Gasteiger partial charge is 0.497 e. The first kappa shape index (κ1) is 23.9. The molecule has 4 aromatic carbocycles. The summed E-state index contributed by atoms with van der Waals surface area (Å²) in [7, 11) is 1.57. The second-order valence-corrected chi connectivity index (χ2v) is 8.17. The third-order valence-corrected chi connectivity index (χ3v) is 5.79. The summed E-state index contributed by atoms with van der Waals surface area (Å²) in [4.78, 5) is 27.5. The van der Waals surface area contributed by atoms with Crippen molar-refractivity contribution in [1.29, 1.82) is 0 Å². The minimum atomic E-state index is -0.328. The van der Waals surface area contributed by atoms with Crippen LogP contribution in [0.5, 0.6) is 5.75 Å². The lowest BCUT2D eigenvalue weighted by Gasteiger charge is -2.23. The molecule has 35 heavy (non-hydrogen) atoms. The van der Waals surface area contributed by atoms with E-state index < -0.39 is 0 Å². The van der Waals surface area contributed by atoms with Gasteiger partial charge in [-0.25, -0.2) is 0 Å². The zero-order chi connectivity index (χ0) is 24.8. The summed E-state index contributed by atoms with van der Waals surface area (Å²) in [5, 5.41) is 7.91. The van der Waals surface area contributed by atoms with Crippen LogP contribution in [0.4, 0.5) is 11.4 Å². The molecule has 4 aromatic rings. The summed E-state index contributed by atoms with van der Waals surface area (Å²) in [6.45, 7) is 2.49. The van der Waals surface area contributed by atoms with Crippen molar-refractivity contribution in [2.75, 3.05) is 23.9 Å². The first-order valence-corrected chi connectivity index (χ1v) is 11.6. The molecule has 0 aliphatic heterocycles. The van der Waals surface area contributed by atoms with Crippen molar-refractivity contribution >= 4 is 51.3 Å². The Morgan fingerprint density at radius 3 is 2.20 bits per heavy atom. The van der Waals surface area contributed by atoms with Gasteiger partial charge in [0.15, 0.2) is 5.11 Å². The van der Waals surface area contributed by atoms with Gasteiger partial charge in [0.05, 0.1) is 12.8 Å². The van der Waals surface area contributed by atoms with Crippen molar-refractivity contribution in [2.24, 2.45) is 0 Å². The van der Waals surface area contributed by atoms with Crippen LogP contribution < -0.4 is 20.3 Å². The second kappa shape index (κ2) is 10.8. The Hall–Kier alpha value is -4.23. The van der Waals surface area contributed by atoms with Crippen LogP contribution in [0.2, 0.25) is 0 Å². The normalized spacial score (nSPS) is 10.5. The molecule has 0 aromatic heterocycles. The van der Waals surface area contributed by atoms with Crippen LogP contribution in [0.3, 0.4) is 0 Å². The number of methoxy groups -OCH3 is 1. The van der Waals surface area contributed by atoms with Crippen molar-refractivity contribution in [1.82, 2.24) is 5.32 Å². The molecule has 0 radical (unpaired) electrons. The summed E-state index contributed by atoms with van der Waals surface area (Å²) in [6.07, 6.45) is 0. The van der Waals surface area contributed by atoms with Crippen molar-refractivity contribution in [3.05, 3.63) is 102 Å². The molecule has 2 amide bonds. The zero-order valence-corrected chi connectivity index (χ0v) is 20.3. The summed E-state index contributed by atoms with van der Waals surface area (Å²) in [5.74, 6) is 0.246. The first-order valence-electron chi connectivity index (χ1n) is 11.2. The van der Waals surface area contributed by atoms with Crippen molar-refractivity contribution in [3.63, 3.8) is 0 Å². The van der Waals surface area contributed by atoms with Crippen LogP contribution in [-0.4, -0.2) is 30.6 Å². The summed E-state index contributed by atoms with van der Waals surface area (Å²) in [5.41, 5.74) is 2.55. The number of hydrogen-bond acceptors (Lipinski definition) is 4. The third-order valence-electron chi connectivity index (χ3n) is 5.59. The minimum Gasteiger partial charge on any atom is -0.497 e. The minimum absolute atomic E-state index is 0.0919. The maximum Gasteiger partial charge on any atom is 0.258 e. The van der Waals surface area contributed by atoms with E-state index in [1.54, 1.807) is 60.5 Å². The lowest BCUT2D eigenvalue weighted by Crippen LogP contribution is -2.34. The van der Waals surface area contributed by atoms with Gasteiger partial charge in [-0.1, -0.05) is 36.4 Å². The molecule has 0 heterocycles. The lowest BCUT2D eigenvalue weighted by atomic mass is 10.1. The van der Waals surface area contributed by atoms with Crippen molar-refractivity contribution < 1.29 is 14.3 Å². The number of amides is 2. The van der Waals surface area contributed by atoms with Crippen LogP contribution >= 0.6 is 12.2 Å². The predicted molar refractivity (Wildman–Crippen MR) is 144 cm³/mol. The Bertz CT molecular complexity index is 1360. The second-order valence-electron chi connectivity index (χ2n) is 7.76. The Labute approximate surface area is 209 Å². The third kappa shape index (κ3) is 5.47. The molecule has 0 spiro atoms. The monoisotopic (exact) mass is 483 g/mol. The van der Waals surface area contributed by atoms with Gasteiger partial charge in [0.2, 0.25) is 0 Å². The Morgan fingerprint density at radius 1 is 0.857 bits per heavy atom. The van der Waals surface area contributed by atoms with Gasteiger partial charge in [0, 0.05) is 28.7 Å². The van der Waals surface area contributed by atoms with E-state index in [9.17, 15) is 9.59 Å². The number of thiocarbonyl (C=S) groups is 1. The number of hydrogen-bond donors (Lipinski definition) is 2. The van der Waals surface area contributed by atoms with Crippen LogP contribution in [0.1, 0.15) is 27.6 Å². The first-order chi connectivity index (χ1) is 17.0. The summed E-state index contributed by atoms with van der Waals surface area (Å²) < 4.78 is 5.10. The van der Waals surface area contributed by atoms with Crippen LogP contribution in [0, 0.1) is 0 Å². The molecule has 2 N–H and O–H groups in total. The van der Waals surface area contributed by atoms with Gasteiger partial charge in [0.25, 0.3) is 11.8 Å². The predicted octanol–water partition coefficient (Wildman–Crippen LogP) is 5.64. The van der Waals surface area contributed by atoms with Crippen molar-refractivity contribution in [3.8, 4) is 5.75 Å². The smallest absolute Gasteiger partial charge is 0.258 e. The molecule has 0 saturated carbocycles. The number of benzene rings is 4. The van der Waals surface area contributed by atoms with Crippen LogP contribution in [0.15, 0.2) is 91.0 Å². The summed E-state index contributed by atoms with van der Waals surface area (Å²) in [6, 6.07) is 27.7. The zero-order valence-electron chi connectivity index (χ0n) is 19.4. The van der Waals surface area contributed by atoms with Gasteiger partial charge < -0.3 is 15.0 Å². The number of carbonyl (C=O) groups is 2. The van der Waals surface area contributed by atoms with Gasteiger partial charge >= 0.3 is 0 Å². The van der Waals surface area contributed by atoms with Crippen molar-refractivity contribution in [2.45, 2.75) is 6.92 Å². The molecule has 0 saturated heterocycles. The molecule has 0 aliphatic carbocycles. The van der Waals surface area contributed by atoms with Crippen LogP contribution in [0.25, 0.3) is 10.8 Å². The molecule has 0 unspecified atom stereocenters. The molecular formula is C28H25N3O3S. The molecular weight excluding hydrogens is 458 g/mol. The number of rotatable bonds is 6. The average Bonchev–Trinajstić information content (AvgIpc) is 2.89. The molecule has 0 bridgehead atoms. The molecule has 0 aliphatic rings. The maximum atomic E-state index is 13.3. The Balaban J connectivity index is 1.43. The molecule has 0 atom stereocenters. The number of nitrogens with one attached hydrogen (secondary N) is 2. The van der Waals surface area contributed by atoms with Crippen LogP contribution in [-0.2, 0) is 0 Å². The molecule has 0 fully saturated rings.